The van der Waals surface area contributed by atoms with E-state index in [-0.39, 0.29) is 24.3 Å². The van der Waals surface area contributed by atoms with Crippen molar-refractivity contribution in [2.24, 2.45) is 5.92 Å². The van der Waals surface area contributed by atoms with Gasteiger partial charge in [0.05, 0.1) is 23.3 Å². The monoisotopic (exact) mass is 407 g/mol. The number of nitro groups is 1. The molecule has 0 amide bonds. The quantitative estimate of drug-likeness (QED) is 0.362. The molecule has 1 aromatic heterocycles. The van der Waals surface area contributed by atoms with Crippen LogP contribution in [0.5, 0.6) is 0 Å². The number of non-ortho nitro benzene ring substituents is 1. The molecule has 156 valence electrons. The Balaban J connectivity index is 1.84. The molecule has 8 nitrogen and oxygen atoms in total. The van der Waals surface area contributed by atoms with Crippen LogP contribution in [0.1, 0.15) is 19.4 Å². The predicted molar refractivity (Wildman–Crippen MR) is 117 cm³/mol. The van der Waals surface area contributed by atoms with Gasteiger partial charge in [-0.3, -0.25) is 10.1 Å². The second-order valence-electron chi connectivity index (χ2n) is 7.28. The van der Waals surface area contributed by atoms with E-state index in [1.54, 1.807) is 12.1 Å². The molecule has 0 saturated heterocycles. The van der Waals surface area contributed by atoms with Crippen molar-refractivity contribution in [3.63, 3.8) is 0 Å². The molecule has 0 fully saturated rings. The summed E-state index contributed by atoms with van der Waals surface area (Å²) in [5, 5.41) is 26.9. The zero-order valence-electron chi connectivity index (χ0n) is 16.9. The average Bonchev–Trinajstić information content (AvgIpc) is 2.76. The van der Waals surface area contributed by atoms with Crippen LogP contribution in [-0.4, -0.2) is 32.6 Å². The van der Waals surface area contributed by atoms with Gasteiger partial charge in [0.1, 0.15) is 5.82 Å². The van der Waals surface area contributed by atoms with Crippen LogP contribution in [0.2, 0.25) is 0 Å². The zero-order valence-corrected chi connectivity index (χ0v) is 16.9. The molecule has 1 atom stereocenters. The topological polar surface area (TPSA) is 113 Å². The van der Waals surface area contributed by atoms with Crippen molar-refractivity contribution in [2.45, 2.75) is 26.4 Å². The Morgan fingerprint density at radius 1 is 1.07 bits per heavy atom. The van der Waals surface area contributed by atoms with Crippen molar-refractivity contribution in [1.82, 2.24) is 9.97 Å². The molecular weight excluding hydrogens is 382 g/mol. The fraction of sp³-hybridized carbons (Fsp3) is 0.273. The summed E-state index contributed by atoms with van der Waals surface area (Å²) in [7, 11) is 0. The number of nitro benzene ring substituents is 1. The largest absolute Gasteiger partial charge is 0.394 e. The molecule has 0 radical (unpaired) electrons. The van der Waals surface area contributed by atoms with E-state index in [4.69, 9.17) is 0 Å². The Morgan fingerprint density at radius 3 is 2.37 bits per heavy atom. The molecule has 0 bridgehead atoms. The maximum atomic E-state index is 10.8. The van der Waals surface area contributed by atoms with Gasteiger partial charge in [-0.1, -0.05) is 56.3 Å². The van der Waals surface area contributed by atoms with Gasteiger partial charge in [0.2, 0.25) is 5.95 Å². The first-order valence-corrected chi connectivity index (χ1v) is 9.75. The molecule has 8 heteroatoms. The van der Waals surface area contributed by atoms with Gasteiger partial charge in [-0.25, -0.2) is 4.98 Å². The lowest BCUT2D eigenvalue weighted by molar-refractivity contribution is -0.384. The van der Waals surface area contributed by atoms with Crippen LogP contribution < -0.4 is 10.6 Å². The van der Waals surface area contributed by atoms with Crippen LogP contribution in [0.3, 0.4) is 0 Å². The first kappa shape index (κ1) is 21.2. The van der Waals surface area contributed by atoms with Crippen LogP contribution in [0.4, 0.5) is 17.5 Å². The molecular formula is C22H25N5O3. The maximum absolute atomic E-state index is 10.8. The second-order valence-corrected chi connectivity index (χ2v) is 7.28. The van der Waals surface area contributed by atoms with Crippen LogP contribution in [0, 0.1) is 16.0 Å². The average molecular weight is 407 g/mol. The lowest BCUT2D eigenvalue weighted by Crippen LogP contribution is -2.30. The molecule has 3 aromatic rings. The number of anilines is 2. The van der Waals surface area contributed by atoms with Gasteiger partial charge in [-0.05, 0) is 11.5 Å². The maximum Gasteiger partial charge on any atom is 0.269 e. The third-order valence-corrected chi connectivity index (χ3v) is 4.73. The highest BCUT2D eigenvalue weighted by atomic mass is 16.6. The number of benzene rings is 2. The van der Waals surface area contributed by atoms with Crippen LogP contribution in [0.25, 0.3) is 11.3 Å². The van der Waals surface area contributed by atoms with Crippen molar-refractivity contribution < 1.29 is 10.0 Å². The molecule has 0 unspecified atom stereocenters. The number of aliphatic hydroxyl groups excluding tert-OH is 1. The summed E-state index contributed by atoms with van der Waals surface area (Å²) >= 11 is 0. The summed E-state index contributed by atoms with van der Waals surface area (Å²) < 4.78 is 0. The summed E-state index contributed by atoms with van der Waals surface area (Å²) in [6, 6.07) is 17.8. The normalized spacial score (nSPS) is 11.9. The van der Waals surface area contributed by atoms with E-state index >= 15 is 0 Å². The van der Waals surface area contributed by atoms with E-state index in [9.17, 15) is 15.2 Å². The van der Waals surface area contributed by atoms with Gasteiger partial charge < -0.3 is 15.7 Å². The Morgan fingerprint density at radius 2 is 1.77 bits per heavy atom. The molecule has 0 aliphatic rings. The third-order valence-electron chi connectivity index (χ3n) is 4.73. The first-order chi connectivity index (χ1) is 14.5. The number of rotatable bonds is 9. The van der Waals surface area contributed by atoms with E-state index in [0.29, 0.717) is 18.3 Å². The molecule has 3 rings (SSSR count). The van der Waals surface area contributed by atoms with Crippen LogP contribution >= 0.6 is 0 Å². The van der Waals surface area contributed by atoms with E-state index in [1.165, 1.54) is 12.1 Å². The highest BCUT2D eigenvalue weighted by molar-refractivity contribution is 5.64. The smallest absolute Gasteiger partial charge is 0.269 e. The van der Waals surface area contributed by atoms with Gasteiger partial charge in [0, 0.05) is 30.3 Å². The Bertz CT molecular complexity index is 978. The minimum atomic E-state index is -0.419. The van der Waals surface area contributed by atoms with E-state index in [1.807, 2.05) is 50.2 Å². The minimum Gasteiger partial charge on any atom is -0.394 e. The van der Waals surface area contributed by atoms with Crippen molar-refractivity contribution >= 4 is 17.5 Å². The fourth-order valence-electron chi connectivity index (χ4n) is 2.88. The summed E-state index contributed by atoms with van der Waals surface area (Å²) in [6.07, 6.45) is 0. The summed E-state index contributed by atoms with van der Waals surface area (Å²) in [5.74, 6) is 1.25. The van der Waals surface area contributed by atoms with Gasteiger partial charge in [0.25, 0.3) is 5.69 Å². The molecule has 0 saturated carbocycles. The van der Waals surface area contributed by atoms with Gasteiger partial charge in [-0.2, -0.15) is 4.98 Å². The number of nitrogens with one attached hydrogen (secondary N) is 2. The van der Waals surface area contributed by atoms with Crippen LogP contribution in [0.15, 0.2) is 60.7 Å². The highest BCUT2D eigenvalue weighted by Crippen LogP contribution is 2.23. The van der Waals surface area contributed by atoms with Crippen molar-refractivity contribution in [2.75, 3.05) is 17.2 Å². The SMILES string of the molecule is CC(C)[C@@H](CO)Nc1nc(NCc2ccc([N+](=O)[O-])cc2)cc(-c2ccccc2)n1. The van der Waals surface area contributed by atoms with Crippen molar-refractivity contribution in [3.05, 3.63) is 76.3 Å². The molecule has 30 heavy (non-hydrogen) atoms. The Hall–Kier alpha value is -3.52. The van der Waals surface area contributed by atoms with Gasteiger partial charge in [0.15, 0.2) is 0 Å². The lowest BCUT2D eigenvalue weighted by atomic mass is 10.1. The molecule has 0 aliphatic carbocycles. The number of aromatic nitrogens is 2. The molecule has 0 aliphatic heterocycles. The number of aliphatic hydroxyl groups is 1. The van der Waals surface area contributed by atoms with E-state index < -0.39 is 4.92 Å². The molecule has 3 N–H and O–H groups in total. The minimum absolute atomic E-state index is 0.0256. The first-order valence-electron chi connectivity index (χ1n) is 9.75. The zero-order chi connectivity index (χ0) is 21.5. The summed E-state index contributed by atoms with van der Waals surface area (Å²) in [4.78, 5) is 19.5. The third kappa shape index (κ3) is 5.51. The van der Waals surface area contributed by atoms with Crippen molar-refractivity contribution in [1.29, 1.82) is 0 Å². The molecule has 2 aromatic carbocycles. The Kier molecular flexibility index (Phi) is 6.92. The second kappa shape index (κ2) is 9.80. The molecule has 0 spiro atoms. The standard InChI is InChI=1S/C22H25N5O3/c1-15(2)20(14-28)25-22-24-19(17-6-4-3-5-7-17)12-21(26-22)23-13-16-8-10-18(11-9-16)27(29)30/h3-12,15,20,28H,13-14H2,1-2H3,(H2,23,24,25,26)/t20-/m1/s1. The van der Waals surface area contributed by atoms with E-state index in [0.717, 1.165) is 16.8 Å². The van der Waals surface area contributed by atoms with E-state index in [2.05, 4.69) is 20.6 Å². The fourth-order valence-corrected chi connectivity index (χ4v) is 2.88. The summed E-state index contributed by atoms with van der Waals surface area (Å²) in [5.41, 5.74) is 2.65. The predicted octanol–water partition coefficient (Wildman–Crippen LogP) is 4.09. The molecule has 1 heterocycles. The summed E-state index contributed by atoms with van der Waals surface area (Å²) in [6.45, 7) is 4.46. The number of hydrogen-bond acceptors (Lipinski definition) is 7. The van der Waals surface area contributed by atoms with Gasteiger partial charge >= 0.3 is 0 Å². The number of nitrogens with zero attached hydrogens (tertiary/aromatic N) is 3. The van der Waals surface area contributed by atoms with Crippen molar-refractivity contribution in [3.8, 4) is 11.3 Å². The van der Waals surface area contributed by atoms with Crippen LogP contribution in [-0.2, 0) is 6.54 Å². The van der Waals surface area contributed by atoms with Gasteiger partial charge in [-0.15, -0.1) is 0 Å². The highest BCUT2D eigenvalue weighted by Gasteiger charge is 2.15. The number of hydrogen-bond donors (Lipinski definition) is 3. The lowest BCUT2D eigenvalue weighted by Gasteiger charge is -2.20. The Labute approximate surface area is 175 Å².